The van der Waals surface area contributed by atoms with E-state index in [1.165, 1.54) is 12.3 Å². The van der Waals surface area contributed by atoms with Crippen molar-refractivity contribution in [3.8, 4) is 11.5 Å². The van der Waals surface area contributed by atoms with E-state index in [-0.39, 0.29) is 43.5 Å². The Labute approximate surface area is 223 Å². The average Bonchev–Trinajstić information content (AvgIpc) is 2.82. The molecule has 0 amide bonds. The predicted octanol–water partition coefficient (Wildman–Crippen LogP) is 6.86. The maximum atomic E-state index is 13.5. The Morgan fingerprint density at radius 2 is 1.64 bits per heavy atom. The van der Waals surface area contributed by atoms with E-state index < -0.39 is 17.4 Å². The van der Waals surface area contributed by atoms with Gasteiger partial charge in [-0.25, -0.2) is 0 Å². The molecule has 8 nitrogen and oxygen atoms in total. The second-order valence-electron chi connectivity index (χ2n) is 7.33. The minimum absolute atomic E-state index is 0.115. The Kier molecular flexibility index (Phi) is 7.42. The standard InChI is InChI=1S/C24H14Cl4N2O6/c1-10(31)34-22-17-20(33)14-5-3-4-12(9-29-30-16-8-13(25)6-7-15(16)26)21(14)36-23(17)19(28)24(18(22)27)35-11(2)32/h3-9,30H,1-2H3/b29-9+. The van der Waals surface area contributed by atoms with Crippen LogP contribution < -0.4 is 20.3 Å². The van der Waals surface area contributed by atoms with Gasteiger partial charge in [-0.15, -0.1) is 0 Å². The second kappa shape index (κ2) is 10.4. The lowest BCUT2D eigenvalue weighted by Crippen LogP contribution is -2.11. The van der Waals surface area contributed by atoms with Crippen LogP contribution in [-0.2, 0) is 9.59 Å². The van der Waals surface area contributed by atoms with Crippen LogP contribution >= 0.6 is 46.4 Å². The van der Waals surface area contributed by atoms with Crippen molar-refractivity contribution in [3.63, 3.8) is 0 Å². The molecule has 1 aromatic heterocycles. The normalized spacial score (nSPS) is 11.3. The molecular formula is C24H14Cl4N2O6. The van der Waals surface area contributed by atoms with Gasteiger partial charge in [0, 0.05) is 24.4 Å². The van der Waals surface area contributed by atoms with Crippen LogP contribution in [0.25, 0.3) is 21.9 Å². The van der Waals surface area contributed by atoms with Gasteiger partial charge < -0.3 is 13.9 Å². The van der Waals surface area contributed by atoms with Crippen molar-refractivity contribution in [2.45, 2.75) is 13.8 Å². The van der Waals surface area contributed by atoms with Crippen LogP contribution in [0.3, 0.4) is 0 Å². The van der Waals surface area contributed by atoms with Crippen LogP contribution in [0.5, 0.6) is 11.5 Å². The lowest BCUT2D eigenvalue weighted by molar-refractivity contribution is -0.132. The molecule has 4 aromatic rings. The molecule has 0 unspecified atom stereocenters. The zero-order chi connectivity index (χ0) is 26.1. The molecule has 0 bridgehead atoms. The average molecular weight is 568 g/mol. The highest BCUT2D eigenvalue weighted by Gasteiger charge is 2.27. The van der Waals surface area contributed by atoms with Gasteiger partial charge in [0.2, 0.25) is 5.43 Å². The van der Waals surface area contributed by atoms with Gasteiger partial charge in [-0.05, 0) is 30.3 Å². The number of benzene rings is 3. The lowest BCUT2D eigenvalue weighted by atomic mass is 10.1. The van der Waals surface area contributed by atoms with Crippen molar-refractivity contribution >= 4 is 92.2 Å². The van der Waals surface area contributed by atoms with Gasteiger partial charge in [0.05, 0.1) is 22.3 Å². The molecule has 1 N–H and O–H groups in total. The van der Waals surface area contributed by atoms with Crippen LogP contribution in [0, 0.1) is 0 Å². The number of anilines is 1. The van der Waals surface area contributed by atoms with E-state index in [1.807, 2.05) is 0 Å². The third kappa shape index (κ3) is 4.99. The van der Waals surface area contributed by atoms with Crippen molar-refractivity contribution in [3.05, 3.63) is 72.3 Å². The zero-order valence-electron chi connectivity index (χ0n) is 18.5. The summed E-state index contributed by atoms with van der Waals surface area (Å²) in [6, 6.07) is 9.60. The van der Waals surface area contributed by atoms with Crippen molar-refractivity contribution in [2.24, 2.45) is 5.10 Å². The molecule has 0 aliphatic rings. The largest absolute Gasteiger partial charge is 0.453 e. The number of fused-ring (bicyclic) bond motifs is 2. The Morgan fingerprint density at radius 1 is 0.944 bits per heavy atom. The fourth-order valence-corrected chi connectivity index (χ4v) is 4.25. The molecule has 0 aliphatic carbocycles. The highest BCUT2D eigenvalue weighted by Crippen LogP contribution is 2.47. The molecular weight excluding hydrogens is 554 g/mol. The Morgan fingerprint density at radius 3 is 2.33 bits per heavy atom. The van der Waals surface area contributed by atoms with Gasteiger partial charge in [-0.3, -0.25) is 19.8 Å². The van der Waals surface area contributed by atoms with Gasteiger partial charge in [0.1, 0.15) is 21.0 Å². The Hall–Kier alpha value is -3.30. The topological polar surface area (TPSA) is 107 Å². The molecule has 0 aliphatic heterocycles. The fourth-order valence-electron chi connectivity index (χ4n) is 3.34. The number of rotatable bonds is 5. The summed E-state index contributed by atoms with van der Waals surface area (Å²) in [5, 5.41) is 4.36. The predicted molar refractivity (Wildman–Crippen MR) is 140 cm³/mol. The van der Waals surface area contributed by atoms with E-state index in [4.69, 9.17) is 60.3 Å². The Balaban J connectivity index is 1.94. The van der Waals surface area contributed by atoms with Gasteiger partial charge in [0.15, 0.2) is 17.1 Å². The number of carbonyl (C=O) groups excluding carboxylic acids is 2. The molecule has 0 saturated heterocycles. The zero-order valence-corrected chi connectivity index (χ0v) is 21.5. The van der Waals surface area contributed by atoms with Gasteiger partial charge in [0.25, 0.3) is 0 Å². The number of ether oxygens (including phenoxy) is 2. The summed E-state index contributed by atoms with van der Waals surface area (Å²) in [6.07, 6.45) is 1.40. The molecule has 184 valence electrons. The molecule has 36 heavy (non-hydrogen) atoms. The van der Waals surface area contributed by atoms with Crippen LogP contribution in [-0.4, -0.2) is 18.2 Å². The van der Waals surface area contributed by atoms with E-state index in [2.05, 4.69) is 10.5 Å². The summed E-state index contributed by atoms with van der Waals surface area (Å²) in [7, 11) is 0. The van der Waals surface area contributed by atoms with Crippen molar-refractivity contribution in [1.29, 1.82) is 0 Å². The second-order valence-corrected chi connectivity index (χ2v) is 8.93. The van der Waals surface area contributed by atoms with Crippen LogP contribution in [0.15, 0.2) is 50.7 Å². The SMILES string of the molecule is CC(=O)Oc1c(Cl)c(OC(C)=O)c2c(=O)c3cccc(/C=N/Nc4cc(Cl)ccc4Cl)c3oc2c1Cl. The number of carbonyl (C=O) groups is 2. The fraction of sp³-hybridized carbons (Fsp3) is 0.0833. The number of para-hydroxylation sites is 1. The molecule has 0 saturated carbocycles. The first kappa shape index (κ1) is 25.8. The van der Waals surface area contributed by atoms with Gasteiger partial charge in [-0.2, -0.15) is 5.10 Å². The van der Waals surface area contributed by atoms with Crippen LogP contribution in [0.2, 0.25) is 20.1 Å². The summed E-state index contributed by atoms with van der Waals surface area (Å²) >= 11 is 24.9. The first-order chi connectivity index (χ1) is 17.1. The number of esters is 2. The van der Waals surface area contributed by atoms with E-state index in [1.54, 1.807) is 30.3 Å². The summed E-state index contributed by atoms with van der Waals surface area (Å²) in [6.45, 7) is 2.26. The van der Waals surface area contributed by atoms with E-state index in [0.29, 0.717) is 21.3 Å². The molecule has 3 aromatic carbocycles. The van der Waals surface area contributed by atoms with Crippen LogP contribution in [0.4, 0.5) is 5.69 Å². The maximum absolute atomic E-state index is 13.5. The first-order valence-electron chi connectivity index (χ1n) is 10.1. The molecule has 12 heteroatoms. The maximum Gasteiger partial charge on any atom is 0.308 e. The smallest absolute Gasteiger partial charge is 0.308 e. The first-order valence-corrected chi connectivity index (χ1v) is 11.6. The minimum atomic E-state index is -0.763. The van der Waals surface area contributed by atoms with Gasteiger partial charge >= 0.3 is 11.9 Å². The summed E-state index contributed by atoms with van der Waals surface area (Å²) in [5.41, 5.74) is 2.97. The number of hydrazone groups is 1. The minimum Gasteiger partial charge on any atom is -0.453 e. The van der Waals surface area contributed by atoms with E-state index in [9.17, 15) is 14.4 Å². The molecule has 1 heterocycles. The molecule has 0 fully saturated rings. The van der Waals surface area contributed by atoms with Crippen molar-refractivity contribution in [2.75, 3.05) is 5.43 Å². The van der Waals surface area contributed by atoms with E-state index in [0.717, 1.165) is 13.8 Å². The van der Waals surface area contributed by atoms with Gasteiger partial charge in [-0.1, -0.05) is 52.5 Å². The molecule has 0 atom stereocenters. The molecule has 4 rings (SSSR count). The van der Waals surface area contributed by atoms with E-state index >= 15 is 0 Å². The number of hydrogen-bond donors (Lipinski definition) is 1. The third-order valence-corrected chi connectivity index (χ3v) is 6.03. The van der Waals surface area contributed by atoms with Crippen LogP contribution in [0.1, 0.15) is 19.4 Å². The lowest BCUT2D eigenvalue weighted by Gasteiger charge is -2.14. The molecule has 0 spiro atoms. The summed E-state index contributed by atoms with van der Waals surface area (Å²) < 4.78 is 16.3. The highest BCUT2D eigenvalue weighted by atomic mass is 35.5. The quantitative estimate of drug-likeness (QED) is 0.0922. The number of nitrogens with zero attached hydrogens (tertiary/aromatic N) is 1. The number of halogens is 4. The third-order valence-electron chi connectivity index (χ3n) is 4.78. The highest BCUT2D eigenvalue weighted by molar-refractivity contribution is 6.42. The summed E-state index contributed by atoms with van der Waals surface area (Å²) in [5.74, 6) is -2.17. The summed E-state index contributed by atoms with van der Waals surface area (Å²) in [4.78, 5) is 36.8. The van der Waals surface area contributed by atoms with Crippen molar-refractivity contribution < 1.29 is 23.5 Å². The Bertz CT molecular complexity index is 1650. The number of nitrogens with one attached hydrogen (secondary N) is 1. The molecule has 0 radical (unpaired) electrons. The van der Waals surface area contributed by atoms with Crippen molar-refractivity contribution in [1.82, 2.24) is 0 Å². The monoisotopic (exact) mass is 566 g/mol. The number of hydrogen-bond acceptors (Lipinski definition) is 8.